The quantitative estimate of drug-likeness (QED) is 0.256. The van der Waals surface area contributed by atoms with E-state index in [0.29, 0.717) is 22.6 Å². The summed E-state index contributed by atoms with van der Waals surface area (Å²) in [6, 6.07) is 18.7. The molecule has 0 spiro atoms. The summed E-state index contributed by atoms with van der Waals surface area (Å²) in [5.41, 5.74) is 0.444. The number of carbonyl (C=O) groups is 3. The predicted octanol–water partition coefficient (Wildman–Crippen LogP) is 3.68. The number of anilines is 1. The first kappa shape index (κ1) is 26.1. The van der Waals surface area contributed by atoms with Crippen molar-refractivity contribution in [2.45, 2.75) is 31.3 Å². The number of carboxylic acid groups (broad SMARTS) is 1. The molecule has 0 aromatic heterocycles. The second kappa shape index (κ2) is 9.95. The Hall–Kier alpha value is -4.57. The van der Waals surface area contributed by atoms with Gasteiger partial charge in [-0.3, -0.25) is 29.8 Å². The molecular formula is C29H27N3O7. The Bertz CT molecular complexity index is 1450. The van der Waals surface area contributed by atoms with Crippen LogP contribution in [0.1, 0.15) is 29.7 Å². The highest BCUT2D eigenvalue weighted by Gasteiger charge is 2.68. The lowest BCUT2D eigenvalue weighted by atomic mass is 9.76. The largest absolute Gasteiger partial charge is 0.496 e. The minimum absolute atomic E-state index is 0.138. The van der Waals surface area contributed by atoms with Gasteiger partial charge in [-0.15, -0.1) is 0 Å². The lowest BCUT2D eigenvalue weighted by Crippen LogP contribution is -2.57. The van der Waals surface area contributed by atoms with Crippen molar-refractivity contribution in [2.24, 2.45) is 11.8 Å². The number of methoxy groups -OCH3 is 1. The summed E-state index contributed by atoms with van der Waals surface area (Å²) in [7, 11) is 1.48. The first-order valence-corrected chi connectivity index (χ1v) is 12.6. The maximum absolute atomic E-state index is 14.0. The highest BCUT2D eigenvalue weighted by Crippen LogP contribution is 2.52. The van der Waals surface area contributed by atoms with Crippen LogP contribution < -0.4 is 15.0 Å². The summed E-state index contributed by atoms with van der Waals surface area (Å²) in [6.07, 6.45) is 0.610. The number of non-ortho nitro benzene ring substituents is 1. The number of nitro benzene ring substituents is 1. The number of nitrogens with zero attached hydrogens (tertiary/aromatic N) is 2. The molecule has 2 aliphatic rings. The molecule has 4 atom stereocenters. The van der Waals surface area contributed by atoms with Crippen molar-refractivity contribution in [3.63, 3.8) is 0 Å². The fraction of sp³-hybridized carbons (Fsp3) is 0.276. The highest BCUT2D eigenvalue weighted by atomic mass is 16.6. The van der Waals surface area contributed by atoms with E-state index in [1.165, 1.54) is 31.4 Å². The lowest BCUT2D eigenvalue weighted by Gasteiger charge is -2.31. The van der Waals surface area contributed by atoms with Gasteiger partial charge in [-0.2, -0.15) is 0 Å². The molecule has 0 aliphatic carbocycles. The normalized spacial score (nSPS) is 24.1. The van der Waals surface area contributed by atoms with Crippen LogP contribution >= 0.6 is 0 Å². The number of amides is 2. The summed E-state index contributed by atoms with van der Waals surface area (Å²) in [6.45, 7) is 1.99. The number of fused-ring (bicyclic) bond motifs is 1. The number of nitro groups is 1. The number of para-hydroxylation sites is 1. The molecule has 0 saturated carbocycles. The molecule has 2 amide bonds. The van der Waals surface area contributed by atoms with Gasteiger partial charge in [0.1, 0.15) is 11.3 Å². The Morgan fingerprint density at radius 2 is 1.67 bits per heavy atom. The summed E-state index contributed by atoms with van der Waals surface area (Å²) < 4.78 is 5.53. The van der Waals surface area contributed by atoms with Crippen LogP contribution in [-0.4, -0.2) is 40.5 Å². The molecular weight excluding hydrogens is 502 g/mol. The fourth-order valence-corrected chi connectivity index (χ4v) is 5.82. The number of benzene rings is 3. The number of aryl methyl sites for hydroxylation is 1. The van der Waals surface area contributed by atoms with Gasteiger partial charge < -0.3 is 9.84 Å². The zero-order chi connectivity index (χ0) is 27.9. The third-order valence-corrected chi connectivity index (χ3v) is 7.74. The van der Waals surface area contributed by atoms with Crippen LogP contribution in [0.25, 0.3) is 0 Å². The molecule has 0 radical (unpaired) electrons. The van der Waals surface area contributed by atoms with Crippen LogP contribution in [0.5, 0.6) is 5.75 Å². The number of ether oxygens (including phenoxy) is 1. The Labute approximate surface area is 224 Å². The van der Waals surface area contributed by atoms with Gasteiger partial charge in [-0.25, -0.2) is 4.90 Å². The molecule has 2 fully saturated rings. The van der Waals surface area contributed by atoms with Gasteiger partial charge in [0.05, 0.1) is 29.6 Å². The SMILES string of the molecule is CCc1ccc(N2C(=O)C3C(c4ccccc4OC)NC(Cc4ccc([N+](=O)[O-])cc4)(C(=O)O)C3C2=O)cc1. The minimum Gasteiger partial charge on any atom is -0.496 e. The van der Waals surface area contributed by atoms with Crippen LogP contribution in [0.4, 0.5) is 11.4 Å². The Morgan fingerprint density at radius 1 is 1.03 bits per heavy atom. The van der Waals surface area contributed by atoms with Crippen molar-refractivity contribution in [1.82, 2.24) is 5.32 Å². The van der Waals surface area contributed by atoms with Crippen LogP contribution in [-0.2, 0) is 27.2 Å². The van der Waals surface area contributed by atoms with Crippen molar-refractivity contribution in [1.29, 1.82) is 0 Å². The van der Waals surface area contributed by atoms with E-state index >= 15 is 0 Å². The van der Waals surface area contributed by atoms with E-state index in [1.807, 2.05) is 19.1 Å². The number of nitrogens with one attached hydrogen (secondary N) is 1. The summed E-state index contributed by atoms with van der Waals surface area (Å²) >= 11 is 0. The molecule has 10 heteroatoms. The Balaban J connectivity index is 1.64. The summed E-state index contributed by atoms with van der Waals surface area (Å²) in [4.78, 5) is 52.7. The van der Waals surface area contributed by atoms with Crippen molar-refractivity contribution in [2.75, 3.05) is 12.0 Å². The van der Waals surface area contributed by atoms with E-state index in [9.17, 15) is 29.6 Å². The second-order valence-electron chi connectivity index (χ2n) is 9.78. The van der Waals surface area contributed by atoms with Gasteiger partial charge in [0.15, 0.2) is 0 Å². The number of hydrogen-bond acceptors (Lipinski definition) is 7. The monoisotopic (exact) mass is 529 g/mol. The third-order valence-electron chi connectivity index (χ3n) is 7.74. The van der Waals surface area contributed by atoms with E-state index in [0.717, 1.165) is 16.9 Å². The van der Waals surface area contributed by atoms with Crippen LogP contribution in [0.2, 0.25) is 0 Å². The molecule has 3 aromatic rings. The minimum atomic E-state index is -1.86. The van der Waals surface area contributed by atoms with Gasteiger partial charge in [-0.1, -0.05) is 49.4 Å². The molecule has 10 nitrogen and oxygen atoms in total. The number of carbonyl (C=O) groups excluding carboxylic acids is 2. The molecule has 200 valence electrons. The van der Waals surface area contributed by atoms with Crippen molar-refractivity contribution in [3.8, 4) is 5.75 Å². The van der Waals surface area contributed by atoms with Crippen LogP contribution in [0.3, 0.4) is 0 Å². The van der Waals surface area contributed by atoms with Crippen LogP contribution in [0.15, 0.2) is 72.8 Å². The first-order chi connectivity index (χ1) is 18.7. The average Bonchev–Trinajstić information content (AvgIpc) is 3.42. The lowest BCUT2D eigenvalue weighted by molar-refractivity contribution is -0.384. The van der Waals surface area contributed by atoms with E-state index < -0.39 is 46.1 Å². The highest BCUT2D eigenvalue weighted by molar-refractivity contribution is 6.24. The number of carboxylic acids is 1. The van der Waals surface area contributed by atoms with E-state index in [1.54, 1.807) is 36.4 Å². The fourth-order valence-electron chi connectivity index (χ4n) is 5.82. The van der Waals surface area contributed by atoms with Gasteiger partial charge >= 0.3 is 5.97 Å². The molecule has 2 aliphatic heterocycles. The van der Waals surface area contributed by atoms with E-state index in [-0.39, 0.29) is 12.1 Å². The van der Waals surface area contributed by atoms with Gasteiger partial charge in [0.2, 0.25) is 11.8 Å². The van der Waals surface area contributed by atoms with Crippen LogP contribution in [0, 0.1) is 22.0 Å². The molecule has 2 saturated heterocycles. The maximum atomic E-state index is 14.0. The zero-order valence-corrected chi connectivity index (χ0v) is 21.4. The van der Waals surface area contributed by atoms with Crippen molar-refractivity contribution in [3.05, 3.63) is 99.6 Å². The van der Waals surface area contributed by atoms with Gasteiger partial charge in [0, 0.05) is 30.2 Å². The summed E-state index contributed by atoms with van der Waals surface area (Å²) in [5.74, 6) is -4.20. The Morgan fingerprint density at radius 3 is 2.26 bits per heavy atom. The molecule has 2 heterocycles. The molecule has 0 bridgehead atoms. The topological polar surface area (TPSA) is 139 Å². The smallest absolute Gasteiger partial charge is 0.325 e. The van der Waals surface area contributed by atoms with E-state index in [2.05, 4.69) is 5.32 Å². The molecule has 2 N–H and O–H groups in total. The molecule has 39 heavy (non-hydrogen) atoms. The summed E-state index contributed by atoms with van der Waals surface area (Å²) in [5, 5.41) is 24.9. The average molecular weight is 530 g/mol. The standard InChI is InChI=1S/C29H27N3O7/c1-3-17-8-12-19(13-9-17)31-26(33)23-24(27(31)34)29(28(35)36,16-18-10-14-20(15-11-18)32(37)38)30-25(23)21-6-4-5-7-22(21)39-2/h4-15,23-25,30H,3,16H2,1-2H3,(H,35,36). The van der Waals surface area contributed by atoms with Crippen molar-refractivity contribution < 1.29 is 29.2 Å². The maximum Gasteiger partial charge on any atom is 0.325 e. The third kappa shape index (κ3) is 4.22. The van der Waals surface area contributed by atoms with Crippen molar-refractivity contribution >= 4 is 29.2 Å². The number of imide groups is 1. The Kier molecular flexibility index (Phi) is 6.65. The molecule has 4 unspecified atom stereocenters. The van der Waals surface area contributed by atoms with Gasteiger partial charge in [-0.05, 0) is 35.7 Å². The van der Waals surface area contributed by atoms with E-state index in [4.69, 9.17) is 4.74 Å². The number of hydrogen-bond donors (Lipinski definition) is 2. The second-order valence-corrected chi connectivity index (χ2v) is 9.78. The number of rotatable bonds is 8. The number of aliphatic carboxylic acids is 1. The van der Waals surface area contributed by atoms with Gasteiger partial charge in [0.25, 0.3) is 5.69 Å². The predicted molar refractivity (Wildman–Crippen MR) is 141 cm³/mol. The first-order valence-electron chi connectivity index (χ1n) is 12.6. The zero-order valence-electron chi connectivity index (χ0n) is 21.4. The molecule has 5 rings (SSSR count). The molecule has 3 aromatic carbocycles.